The highest BCUT2D eigenvalue weighted by Gasteiger charge is 2.28. The molecular weight excluding hydrogens is 234 g/mol. The second-order valence-electron chi connectivity index (χ2n) is 4.98. The molecule has 0 atom stereocenters. The molecule has 0 aliphatic heterocycles. The summed E-state index contributed by atoms with van der Waals surface area (Å²) in [5, 5.41) is 10.4. The van der Waals surface area contributed by atoms with E-state index in [1.807, 2.05) is 30.3 Å². The first kappa shape index (κ1) is 14.2. The van der Waals surface area contributed by atoms with Gasteiger partial charge in [0.25, 0.3) is 0 Å². The Morgan fingerprint density at radius 3 is 2.50 bits per heavy atom. The van der Waals surface area contributed by atoms with Crippen molar-refractivity contribution in [3.05, 3.63) is 46.0 Å². The number of esters is 1. The summed E-state index contributed by atoms with van der Waals surface area (Å²) in [5.41, 5.74) is 0.218. The van der Waals surface area contributed by atoms with E-state index in [-0.39, 0.29) is 19.6 Å². The molecule has 18 heavy (non-hydrogen) atoms. The van der Waals surface area contributed by atoms with Crippen LogP contribution in [0.5, 0.6) is 0 Å². The van der Waals surface area contributed by atoms with Crippen LogP contribution < -0.4 is 0 Å². The van der Waals surface area contributed by atoms with Crippen LogP contribution in [0, 0.1) is 15.5 Å². The van der Waals surface area contributed by atoms with Crippen LogP contribution in [-0.2, 0) is 16.1 Å². The minimum atomic E-state index is -0.683. The number of carbonyl (C=O) groups excluding carboxylic acids is 1. The molecule has 5 nitrogen and oxygen atoms in total. The van der Waals surface area contributed by atoms with Gasteiger partial charge in [-0.1, -0.05) is 44.2 Å². The van der Waals surface area contributed by atoms with Crippen LogP contribution in [0.1, 0.15) is 25.8 Å². The largest absolute Gasteiger partial charge is 0.461 e. The Hall–Kier alpha value is -1.91. The van der Waals surface area contributed by atoms with Crippen molar-refractivity contribution in [2.45, 2.75) is 26.9 Å². The van der Waals surface area contributed by atoms with Crippen LogP contribution in [0.4, 0.5) is 0 Å². The van der Waals surface area contributed by atoms with E-state index in [1.54, 1.807) is 13.8 Å². The predicted molar refractivity (Wildman–Crippen MR) is 66.5 cm³/mol. The lowest BCUT2D eigenvalue weighted by Gasteiger charge is -2.18. The molecule has 1 aromatic rings. The maximum atomic E-state index is 11.6. The van der Waals surface area contributed by atoms with E-state index in [4.69, 9.17) is 4.74 Å². The summed E-state index contributed by atoms with van der Waals surface area (Å²) in [4.78, 5) is 21.6. The zero-order valence-corrected chi connectivity index (χ0v) is 10.6. The van der Waals surface area contributed by atoms with Crippen LogP contribution in [0.25, 0.3) is 0 Å². The Bertz CT molecular complexity index is 414. The van der Waals surface area contributed by atoms with E-state index in [9.17, 15) is 14.9 Å². The van der Waals surface area contributed by atoms with E-state index in [2.05, 4.69) is 0 Å². The van der Waals surface area contributed by atoms with Gasteiger partial charge in [-0.15, -0.1) is 0 Å². The highest BCUT2D eigenvalue weighted by molar-refractivity contribution is 5.70. The lowest BCUT2D eigenvalue weighted by Crippen LogP contribution is -2.27. The lowest BCUT2D eigenvalue weighted by molar-refractivity contribution is -0.495. The summed E-state index contributed by atoms with van der Waals surface area (Å²) in [7, 11) is 0. The molecule has 0 aliphatic rings. The first-order valence-corrected chi connectivity index (χ1v) is 5.70. The summed E-state index contributed by atoms with van der Waals surface area (Å²) in [6.07, 6.45) is 0.0425. The molecule has 1 aromatic carbocycles. The monoisotopic (exact) mass is 251 g/mol. The number of rotatable bonds is 6. The Balaban J connectivity index is 2.40. The van der Waals surface area contributed by atoms with Crippen molar-refractivity contribution in [1.29, 1.82) is 0 Å². The molecule has 0 fully saturated rings. The average Bonchev–Trinajstić information content (AvgIpc) is 2.25. The van der Waals surface area contributed by atoms with Gasteiger partial charge in [0.1, 0.15) is 6.61 Å². The predicted octanol–water partition coefficient (Wildman–Crippen LogP) is 2.42. The number of hydrogen-bond acceptors (Lipinski definition) is 4. The van der Waals surface area contributed by atoms with Crippen LogP contribution in [0.3, 0.4) is 0 Å². The third-order valence-corrected chi connectivity index (χ3v) is 2.42. The molecule has 0 amide bonds. The van der Waals surface area contributed by atoms with Gasteiger partial charge in [-0.25, -0.2) is 0 Å². The van der Waals surface area contributed by atoms with Gasteiger partial charge in [0.15, 0.2) is 0 Å². The Labute approximate surface area is 106 Å². The molecule has 0 saturated carbocycles. The van der Waals surface area contributed by atoms with Crippen LogP contribution in [-0.4, -0.2) is 17.4 Å². The van der Waals surface area contributed by atoms with E-state index in [0.717, 1.165) is 5.56 Å². The maximum absolute atomic E-state index is 11.6. The summed E-state index contributed by atoms with van der Waals surface area (Å²) >= 11 is 0. The minimum absolute atomic E-state index is 0.0425. The second kappa shape index (κ2) is 6.14. The molecule has 0 saturated heterocycles. The standard InChI is InChI=1S/C13H17NO4/c1-13(2,10-14(16)17)8-12(15)18-9-11-6-4-3-5-7-11/h3-7H,8-10H2,1-2H3. The maximum Gasteiger partial charge on any atom is 0.306 e. The van der Waals surface area contributed by atoms with Crippen molar-refractivity contribution in [2.24, 2.45) is 5.41 Å². The van der Waals surface area contributed by atoms with Crippen molar-refractivity contribution in [3.8, 4) is 0 Å². The van der Waals surface area contributed by atoms with Crippen molar-refractivity contribution in [1.82, 2.24) is 0 Å². The zero-order valence-electron chi connectivity index (χ0n) is 10.6. The van der Waals surface area contributed by atoms with Crippen LogP contribution in [0.15, 0.2) is 30.3 Å². The topological polar surface area (TPSA) is 69.4 Å². The molecule has 0 aromatic heterocycles. The molecule has 5 heteroatoms. The summed E-state index contributed by atoms with van der Waals surface area (Å²) in [6, 6.07) is 9.32. The molecular formula is C13H17NO4. The fraction of sp³-hybridized carbons (Fsp3) is 0.462. The fourth-order valence-corrected chi connectivity index (χ4v) is 1.59. The van der Waals surface area contributed by atoms with Gasteiger partial charge in [0.05, 0.1) is 6.42 Å². The number of nitro groups is 1. The van der Waals surface area contributed by atoms with E-state index >= 15 is 0 Å². The fourth-order valence-electron chi connectivity index (χ4n) is 1.59. The van der Waals surface area contributed by atoms with E-state index < -0.39 is 16.3 Å². The Kier molecular flexibility index (Phi) is 4.83. The van der Waals surface area contributed by atoms with Gasteiger partial charge >= 0.3 is 5.97 Å². The van der Waals surface area contributed by atoms with Crippen molar-refractivity contribution in [2.75, 3.05) is 6.54 Å². The summed E-state index contributed by atoms with van der Waals surface area (Å²) in [5.74, 6) is -0.411. The Morgan fingerprint density at radius 1 is 1.33 bits per heavy atom. The van der Waals surface area contributed by atoms with Gasteiger partial charge in [-0.2, -0.15) is 0 Å². The molecule has 0 bridgehead atoms. The molecule has 1 rings (SSSR count). The van der Waals surface area contributed by atoms with Crippen LogP contribution >= 0.6 is 0 Å². The van der Waals surface area contributed by atoms with Crippen molar-refractivity contribution >= 4 is 5.97 Å². The first-order valence-electron chi connectivity index (χ1n) is 5.70. The second-order valence-corrected chi connectivity index (χ2v) is 4.98. The summed E-state index contributed by atoms with van der Waals surface area (Å²) < 4.78 is 5.08. The van der Waals surface area contributed by atoms with Gasteiger partial charge in [-0.05, 0) is 5.56 Å². The lowest BCUT2D eigenvalue weighted by atomic mass is 9.90. The molecule has 0 heterocycles. The molecule has 0 spiro atoms. The molecule has 98 valence electrons. The van der Waals surface area contributed by atoms with E-state index in [1.165, 1.54) is 0 Å². The number of nitrogens with zero attached hydrogens (tertiary/aromatic N) is 1. The molecule has 0 N–H and O–H groups in total. The number of benzene rings is 1. The Morgan fingerprint density at radius 2 is 1.94 bits per heavy atom. The normalized spacial score (nSPS) is 11.0. The summed E-state index contributed by atoms with van der Waals surface area (Å²) in [6.45, 7) is 3.32. The number of hydrogen-bond donors (Lipinski definition) is 0. The third-order valence-electron chi connectivity index (χ3n) is 2.42. The van der Waals surface area contributed by atoms with Gasteiger partial charge in [-0.3, -0.25) is 14.9 Å². The highest BCUT2D eigenvalue weighted by atomic mass is 16.6. The third kappa shape index (κ3) is 5.43. The van der Waals surface area contributed by atoms with Gasteiger partial charge in [0, 0.05) is 10.3 Å². The zero-order chi connectivity index (χ0) is 13.6. The average molecular weight is 251 g/mol. The number of carbonyl (C=O) groups is 1. The van der Waals surface area contributed by atoms with Gasteiger partial charge in [0.2, 0.25) is 6.54 Å². The quantitative estimate of drug-likeness (QED) is 0.442. The number of ether oxygens (including phenoxy) is 1. The van der Waals surface area contributed by atoms with Gasteiger partial charge < -0.3 is 4.74 Å². The SMILES string of the molecule is CC(C)(CC(=O)OCc1ccccc1)C[N+](=O)[O-]. The highest BCUT2D eigenvalue weighted by Crippen LogP contribution is 2.21. The van der Waals surface area contributed by atoms with Crippen LogP contribution in [0.2, 0.25) is 0 Å². The molecule has 0 unspecified atom stereocenters. The van der Waals surface area contributed by atoms with Crippen molar-refractivity contribution in [3.63, 3.8) is 0 Å². The van der Waals surface area contributed by atoms with Crippen molar-refractivity contribution < 1.29 is 14.5 Å². The minimum Gasteiger partial charge on any atom is -0.461 e. The first-order chi connectivity index (χ1) is 8.39. The molecule has 0 aliphatic carbocycles. The smallest absolute Gasteiger partial charge is 0.306 e. The molecule has 0 radical (unpaired) electrons. The van der Waals surface area contributed by atoms with E-state index in [0.29, 0.717) is 0 Å².